The van der Waals surface area contributed by atoms with Crippen LogP contribution in [-0.4, -0.2) is 36.5 Å². The van der Waals surface area contributed by atoms with Gasteiger partial charge in [-0.25, -0.2) is 4.98 Å². The molecule has 2 N–H and O–H groups in total. The van der Waals surface area contributed by atoms with Crippen molar-refractivity contribution in [2.45, 2.75) is 6.92 Å². The predicted octanol–water partition coefficient (Wildman–Crippen LogP) is 4.82. The van der Waals surface area contributed by atoms with Gasteiger partial charge < -0.3 is 10.1 Å². The fourth-order valence-electron chi connectivity index (χ4n) is 3.28. The number of anilines is 1. The average Bonchev–Trinajstić information content (AvgIpc) is 3.35. The summed E-state index contributed by atoms with van der Waals surface area (Å²) in [7, 11) is 0. The van der Waals surface area contributed by atoms with Crippen LogP contribution < -0.4 is 10.1 Å². The van der Waals surface area contributed by atoms with Gasteiger partial charge in [0, 0.05) is 22.0 Å². The highest BCUT2D eigenvalue weighted by molar-refractivity contribution is 6.31. The Morgan fingerprint density at radius 3 is 2.79 bits per heavy atom. The Hall–Kier alpha value is -4.37. The lowest BCUT2D eigenvalue weighted by atomic mass is 10.1. The molecule has 10 heteroatoms. The Bertz CT molecular complexity index is 1450. The van der Waals surface area contributed by atoms with Crippen LogP contribution in [0.25, 0.3) is 22.3 Å². The summed E-state index contributed by atoms with van der Waals surface area (Å²) in [6.45, 7) is 1.78. The topological polar surface area (TPSA) is 119 Å². The first-order valence-electron chi connectivity index (χ1n) is 9.91. The van der Waals surface area contributed by atoms with E-state index in [1.165, 1.54) is 6.20 Å². The van der Waals surface area contributed by atoms with Gasteiger partial charge in [-0.15, -0.1) is 10.2 Å². The van der Waals surface area contributed by atoms with E-state index in [0.29, 0.717) is 39.4 Å². The van der Waals surface area contributed by atoms with Gasteiger partial charge in [-0.05, 0) is 48.5 Å². The molecular formula is C23H16ClN7O2. The highest BCUT2D eigenvalue weighted by Crippen LogP contribution is 2.25. The zero-order valence-electron chi connectivity index (χ0n) is 17.3. The van der Waals surface area contributed by atoms with Gasteiger partial charge in [0.05, 0.1) is 28.7 Å². The molecule has 0 saturated carbocycles. The third kappa shape index (κ3) is 4.48. The van der Waals surface area contributed by atoms with E-state index in [1.807, 2.05) is 18.2 Å². The quantitative estimate of drug-likeness (QED) is 0.388. The van der Waals surface area contributed by atoms with Crippen molar-refractivity contribution < 1.29 is 9.53 Å². The second kappa shape index (κ2) is 8.64. The highest BCUT2D eigenvalue weighted by atomic mass is 35.5. The van der Waals surface area contributed by atoms with Crippen LogP contribution in [0.15, 0.2) is 66.9 Å². The smallest absolute Gasteiger partial charge is 0.257 e. The first-order chi connectivity index (χ1) is 16.0. The van der Waals surface area contributed by atoms with E-state index >= 15 is 0 Å². The number of rotatable bonds is 5. The van der Waals surface area contributed by atoms with Gasteiger partial charge in [0.15, 0.2) is 0 Å². The fourth-order valence-corrected chi connectivity index (χ4v) is 3.45. The van der Waals surface area contributed by atoms with Gasteiger partial charge in [0.1, 0.15) is 5.75 Å². The van der Waals surface area contributed by atoms with Crippen molar-refractivity contribution in [1.29, 1.82) is 0 Å². The first kappa shape index (κ1) is 20.5. The summed E-state index contributed by atoms with van der Waals surface area (Å²) in [5, 5.41) is 18.2. The van der Waals surface area contributed by atoms with Crippen molar-refractivity contribution in [2.24, 2.45) is 0 Å². The molecule has 5 aromatic rings. The maximum atomic E-state index is 12.8. The fraction of sp³-hybridized carbons (Fsp3) is 0.0435. The molecule has 0 unspecified atom stereocenters. The molecule has 9 nitrogen and oxygen atoms in total. The molecule has 0 aliphatic heterocycles. The molecule has 0 bridgehead atoms. The Kier molecular flexibility index (Phi) is 5.37. The van der Waals surface area contributed by atoms with E-state index in [4.69, 9.17) is 16.3 Å². The maximum absolute atomic E-state index is 12.8. The molecule has 3 heterocycles. The molecule has 162 valence electrons. The minimum absolute atomic E-state index is 0.278. The second-order valence-corrected chi connectivity index (χ2v) is 7.60. The Labute approximate surface area is 192 Å². The number of aryl methyl sites for hydroxylation is 1. The van der Waals surface area contributed by atoms with Crippen LogP contribution in [0.4, 0.5) is 5.69 Å². The minimum atomic E-state index is -0.278. The lowest BCUT2D eigenvalue weighted by Gasteiger charge is -2.10. The number of aromatic amines is 1. The molecule has 2 aromatic carbocycles. The minimum Gasteiger partial charge on any atom is -0.439 e. The lowest BCUT2D eigenvalue weighted by Crippen LogP contribution is -2.14. The van der Waals surface area contributed by atoms with Crippen molar-refractivity contribution in [1.82, 2.24) is 30.6 Å². The van der Waals surface area contributed by atoms with Crippen molar-refractivity contribution >= 4 is 34.1 Å². The number of nitrogens with one attached hydrogen (secondary N) is 2. The summed E-state index contributed by atoms with van der Waals surface area (Å²) < 4.78 is 5.81. The monoisotopic (exact) mass is 457 g/mol. The Morgan fingerprint density at radius 2 is 2.00 bits per heavy atom. The lowest BCUT2D eigenvalue weighted by molar-refractivity contribution is 0.102. The highest BCUT2D eigenvalue weighted by Gasteiger charge is 2.13. The normalized spacial score (nSPS) is 10.8. The van der Waals surface area contributed by atoms with E-state index < -0.39 is 0 Å². The van der Waals surface area contributed by atoms with Crippen LogP contribution in [0, 0.1) is 6.92 Å². The number of nitrogens with zero attached hydrogens (tertiary/aromatic N) is 5. The molecule has 1 amide bonds. The summed E-state index contributed by atoms with van der Waals surface area (Å²) in [5.41, 5.74) is 3.11. The van der Waals surface area contributed by atoms with Crippen LogP contribution in [0.1, 0.15) is 16.1 Å². The zero-order chi connectivity index (χ0) is 22.8. The molecule has 0 aliphatic carbocycles. The number of ether oxygens (including phenoxy) is 1. The molecule has 0 atom stereocenters. The molecule has 3 aromatic heterocycles. The number of hydrogen-bond acceptors (Lipinski definition) is 7. The summed E-state index contributed by atoms with van der Waals surface area (Å²) in [6, 6.07) is 17.8. The number of H-pyrrole nitrogens is 1. The van der Waals surface area contributed by atoms with Gasteiger partial charge in [-0.3, -0.25) is 9.78 Å². The third-order valence-corrected chi connectivity index (χ3v) is 5.10. The summed E-state index contributed by atoms with van der Waals surface area (Å²) in [5.74, 6) is 1.13. The number of carbonyl (C=O) groups excluding carboxylic acids is 1. The van der Waals surface area contributed by atoms with Crippen molar-refractivity contribution in [3.8, 4) is 23.0 Å². The number of fused-ring (bicyclic) bond motifs is 1. The van der Waals surface area contributed by atoms with Crippen LogP contribution in [0.3, 0.4) is 0 Å². The molecule has 0 fully saturated rings. The van der Waals surface area contributed by atoms with Crippen LogP contribution in [-0.2, 0) is 0 Å². The van der Waals surface area contributed by atoms with Crippen molar-refractivity contribution in [2.75, 3.05) is 5.32 Å². The SMILES string of the molecule is Cc1nc2cc(Cl)ccc2cc1C(=O)Nc1ccc(Oc2cccc(-c3nn[nH]n3)c2)nc1. The van der Waals surface area contributed by atoms with Gasteiger partial charge >= 0.3 is 0 Å². The molecule has 5 rings (SSSR count). The molecule has 0 radical (unpaired) electrons. The molecule has 33 heavy (non-hydrogen) atoms. The van der Waals surface area contributed by atoms with E-state index in [0.717, 1.165) is 16.5 Å². The number of halogens is 1. The van der Waals surface area contributed by atoms with Gasteiger partial charge in [-0.2, -0.15) is 5.21 Å². The first-order valence-corrected chi connectivity index (χ1v) is 10.3. The second-order valence-electron chi connectivity index (χ2n) is 7.16. The Morgan fingerprint density at radius 1 is 1.09 bits per heavy atom. The zero-order valence-corrected chi connectivity index (χ0v) is 18.0. The van der Waals surface area contributed by atoms with Gasteiger partial charge in [0.2, 0.25) is 11.7 Å². The van der Waals surface area contributed by atoms with Gasteiger partial charge in [0.25, 0.3) is 5.91 Å². The molecule has 0 spiro atoms. The third-order valence-electron chi connectivity index (χ3n) is 4.87. The van der Waals surface area contributed by atoms with Crippen molar-refractivity contribution in [3.05, 3.63) is 83.1 Å². The number of benzene rings is 2. The predicted molar refractivity (Wildman–Crippen MR) is 123 cm³/mol. The number of carbonyl (C=O) groups is 1. The number of tetrazole rings is 1. The van der Waals surface area contributed by atoms with Crippen LogP contribution in [0.2, 0.25) is 5.02 Å². The summed E-state index contributed by atoms with van der Waals surface area (Å²) in [4.78, 5) is 21.6. The molecule has 0 saturated heterocycles. The van der Waals surface area contributed by atoms with Crippen molar-refractivity contribution in [3.63, 3.8) is 0 Å². The average molecular weight is 458 g/mol. The van der Waals surface area contributed by atoms with Crippen LogP contribution >= 0.6 is 11.6 Å². The largest absolute Gasteiger partial charge is 0.439 e. The number of pyridine rings is 2. The van der Waals surface area contributed by atoms with E-state index in [1.54, 1.807) is 49.4 Å². The summed E-state index contributed by atoms with van der Waals surface area (Å²) >= 11 is 6.03. The van der Waals surface area contributed by atoms with Gasteiger partial charge in [-0.1, -0.05) is 29.8 Å². The van der Waals surface area contributed by atoms with Crippen LogP contribution in [0.5, 0.6) is 11.6 Å². The Balaban J connectivity index is 1.30. The number of hydrogen-bond donors (Lipinski definition) is 2. The molecular weight excluding hydrogens is 442 g/mol. The summed E-state index contributed by atoms with van der Waals surface area (Å²) in [6.07, 6.45) is 1.53. The number of aromatic nitrogens is 6. The maximum Gasteiger partial charge on any atom is 0.257 e. The standard InChI is InChI=1S/C23H16ClN7O2/c1-13-19(10-14-5-6-16(24)11-20(14)26-13)23(32)27-17-7-8-21(25-12-17)33-18-4-2-3-15(9-18)22-28-30-31-29-22/h2-12H,1H3,(H,27,32)(H,28,29,30,31). The van der Waals surface area contributed by atoms with E-state index in [9.17, 15) is 4.79 Å². The number of amides is 1. The van der Waals surface area contributed by atoms with E-state index in [2.05, 4.69) is 35.9 Å². The van der Waals surface area contributed by atoms with E-state index in [-0.39, 0.29) is 5.91 Å². The molecule has 0 aliphatic rings.